The predicted octanol–water partition coefficient (Wildman–Crippen LogP) is 4.97. The Morgan fingerprint density at radius 3 is 2.52 bits per heavy atom. The van der Waals surface area contributed by atoms with E-state index in [0.717, 1.165) is 0 Å². The van der Waals surface area contributed by atoms with Gasteiger partial charge in [-0.05, 0) is 83.0 Å². The molecule has 0 spiro atoms. The van der Waals surface area contributed by atoms with E-state index >= 15 is 0 Å². The first kappa shape index (κ1) is 22.2. The molecule has 8 heteroatoms. The molecule has 0 saturated carbocycles. The molecule has 0 unspecified atom stereocenters. The van der Waals surface area contributed by atoms with Crippen LogP contribution in [0.3, 0.4) is 0 Å². The van der Waals surface area contributed by atoms with Gasteiger partial charge in [0.1, 0.15) is 5.82 Å². The van der Waals surface area contributed by atoms with Crippen LogP contribution in [0.2, 0.25) is 0 Å². The quantitative estimate of drug-likeness (QED) is 0.222. The number of amides is 1. The molecular formula is C23H18BrFN2O4. The maximum atomic E-state index is 13.0. The number of carbonyl (C=O) groups excluding carboxylic acids is 2. The topological polar surface area (TPSA) is 77.0 Å². The number of benzene rings is 3. The molecule has 0 aliphatic rings. The number of rotatable bonds is 7. The summed E-state index contributed by atoms with van der Waals surface area (Å²) in [6.45, 7) is 2.14. The van der Waals surface area contributed by atoms with Gasteiger partial charge in [-0.25, -0.2) is 14.6 Å². The lowest BCUT2D eigenvalue weighted by Crippen LogP contribution is -2.18. The number of hydrogen-bond donors (Lipinski definition) is 1. The standard InChI is InChI=1S/C23H18BrFN2O4/c1-2-30-21-13-15(14-26-27-22(28)18-5-3-4-6-19(18)24)7-12-20(21)31-23(29)16-8-10-17(25)11-9-16/h3-14H,2H2,1H3,(H,27,28)/b26-14+. The zero-order chi connectivity index (χ0) is 22.2. The lowest BCUT2D eigenvalue weighted by molar-refractivity contribution is 0.0728. The lowest BCUT2D eigenvalue weighted by atomic mass is 10.2. The third-order valence-corrected chi connectivity index (χ3v) is 4.74. The van der Waals surface area contributed by atoms with Crippen molar-refractivity contribution in [1.29, 1.82) is 0 Å². The summed E-state index contributed by atoms with van der Waals surface area (Å²) in [6.07, 6.45) is 1.45. The van der Waals surface area contributed by atoms with E-state index in [0.29, 0.717) is 28.0 Å². The third-order valence-electron chi connectivity index (χ3n) is 4.05. The first-order chi connectivity index (χ1) is 15.0. The Labute approximate surface area is 186 Å². The van der Waals surface area contributed by atoms with Crippen molar-refractivity contribution in [3.8, 4) is 11.5 Å². The van der Waals surface area contributed by atoms with E-state index in [9.17, 15) is 14.0 Å². The smallest absolute Gasteiger partial charge is 0.343 e. The molecule has 0 aliphatic carbocycles. The van der Waals surface area contributed by atoms with Crippen LogP contribution in [0.25, 0.3) is 0 Å². The van der Waals surface area contributed by atoms with Gasteiger partial charge in [0.25, 0.3) is 5.91 Å². The van der Waals surface area contributed by atoms with Gasteiger partial charge in [0.15, 0.2) is 11.5 Å². The second-order valence-corrected chi connectivity index (χ2v) is 7.07. The number of nitrogens with zero attached hydrogens (tertiary/aromatic N) is 1. The maximum Gasteiger partial charge on any atom is 0.343 e. The van der Waals surface area contributed by atoms with E-state index in [1.54, 1.807) is 43.3 Å². The average molecular weight is 485 g/mol. The molecule has 0 atom stereocenters. The molecule has 0 aromatic heterocycles. The number of hydrogen-bond acceptors (Lipinski definition) is 5. The molecule has 3 aromatic rings. The average Bonchev–Trinajstić information content (AvgIpc) is 2.76. The molecule has 31 heavy (non-hydrogen) atoms. The number of halogens is 2. The minimum Gasteiger partial charge on any atom is -0.490 e. The molecule has 1 N–H and O–H groups in total. The first-order valence-electron chi connectivity index (χ1n) is 9.30. The van der Waals surface area contributed by atoms with Gasteiger partial charge in [0.2, 0.25) is 0 Å². The zero-order valence-corrected chi connectivity index (χ0v) is 18.1. The van der Waals surface area contributed by atoms with Gasteiger partial charge in [-0.15, -0.1) is 0 Å². The highest BCUT2D eigenvalue weighted by Crippen LogP contribution is 2.29. The van der Waals surface area contributed by atoms with Gasteiger partial charge in [-0.2, -0.15) is 5.10 Å². The van der Waals surface area contributed by atoms with E-state index in [1.165, 1.54) is 30.5 Å². The fourth-order valence-electron chi connectivity index (χ4n) is 2.57. The molecule has 3 rings (SSSR count). The van der Waals surface area contributed by atoms with Crippen LogP contribution in [0.4, 0.5) is 4.39 Å². The Bertz CT molecular complexity index is 1120. The van der Waals surface area contributed by atoms with Gasteiger partial charge in [-0.1, -0.05) is 12.1 Å². The van der Waals surface area contributed by atoms with Crippen molar-refractivity contribution in [3.05, 3.63) is 93.7 Å². The fourth-order valence-corrected chi connectivity index (χ4v) is 3.04. The van der Waals surface area contributed by atoms with Crippen molar-refractivity contribution in [2.24, 2.45) is 5.10 Å². The molecule has 0 fully saturated rings. The number of hydrazone groups is 1. The zero-order valence-electron chi connectivity index (χ0n) is 16.5. The summed E-state index contributed by atoms with van der Waals surface area (Å²) in [4.78, 5) is 24.5. The number of ether oxygens (including phenoxy) is 2. The van der Waals surface area contributed by atoms with Crippen molar-refractivity contribution in [3.63, 3.8) is 0 Å². The molecule has 0 heterocycles. The van der Waals surface area contributed by atoms with Crippen LogP contribution in [-0.2, 0) is 0 Å². The maximum absolute atomic E-state index is 13.0. The molecule has 0 saturated heterocycles. The van der Waals surface area contributed by atoms with Crippen LogP contribution in [-0.4, -0.2) is 24.7 Å². The van der Waals surface area contributed by atoms with E-state index < -0.39 is 11.8 Å². The van der Waals surface area contributed by atoms with Gasteiger partial charge in [0.05, 0.1) is 23.9 Å². The van der Waals surface area contributed by atoms with Crippen molar-refractivity contribution in [2.45, 2.75) is 6.92 Å². The summed E-state index contributed by atoms with van der Waals surface area (Å²) in [6, 6.07) is 16.9. The SMILES string of the molecule is CCOc1cc(/C=N/NC(=O)c2ccccc2Br)ccc1OC(=O)c1ccc(F)cc1. The summed E-state index contributed by atoms with van der Waals surface area (Å²) < 4.78 is 24.6. The minimum absolute atomic E-state index is 0.212. The Balaban J connectivity index is 1.71. The fraction of sp³-hybridized carbons (Fsp3) is 0.0870. The normalized spacial score (nSPS) is 10.7. The van der Waals surface area contributed by atoms with Crippen LogP contribution in [0.1, 0.15) is 33.2 Å². The second-order valence-electron chi connectivity index (χ2n) is 6.21. The van der Waals surface area contributed by atoms with Crippen molar-refractivity contribution >= 4 is 34.0 Å². The van der Waals surface area contributed by atoms with Gasteiger partial charge in [0, 0.05) is 4.47 Å². The summed E-state index contributed by atoms with van der Waals surface area (Å²) in [5.74, 6) is -0.895. The third kappa shape index (κ3) is 5.99. The Hall–Kier alpha value is -3.52. The molecule has 3 aromatic carbocycles. The van der Waals surface area contributed by atoms with E-state index in [2.05, 4.69) is 26.5 Å². The van der Waals surface area contributed by atoms with E-state index in [4.69, 9.17) is 9.47 Å². The first-order valence-corrected chi connectivity index (χ1v) is 10.1. The Morgan fingerprint density at radius 2 is 1.81 bits per heavy atom. The summed E-state index contributed by atoms with van der Waals surface area (Å²) in [5, 5.41) is 3.96. The van der Waals surface area contributed by atoms with Crippen LogP contribution < -0.4 is 14.9 Å². The Morgan fingerprint density at radius 1 is 1.06 bits per heavy atom. The van der Waals surface area contributed by atoms with Crippen LogP contribution in [0.15, 0.2) is 76.3 Å². The molecule has 158 valence electrons. The highest BCUT2D eigenvalue weighted by molar-refractivity contribution is 9.10. The monoisotopic (exact) mass is 484 g/mol. The van der Waals surface area contributed by atoms with E-state index in [-0.39, 0.29) is 17.2 Å². The van der Waals surface area contributed by atoms with Crippen LogP contribution in [0.5, 0.6) is 11.5 Å². The Kier molecular flexibility index (Phi) is 7.50. The highest BCUT2D eigenvalue weighted by atomic mass is 79.9. The van der Waals surface area contributed by atoms with Crippen LogP contribution >= 0.6 is 15.9 Å². The van der Waals surface area contributed by atoms with Gasteiger partial charge < -0.3 is 9.47 Å². The minimum atomic E-state index is -0.636. The van der Waals surface area contributed by atoms with Crippen LogP contribution in [0, 0.1) is 5.82 Å². The molecule has 1 amide bonds. The highest BCUT2D eigenvalue weighted by Gasteiger charge is 2.13. The number of carbonyl (C=O) groups is 2. The van der Waals surface area contributed by atoms with Gasteiger partial charge in [-0.3, -0.25) is 4.79 Å². The van der Waals surface area contributed by atoms with Crippen molar-refractivity contribution in [1.82, 2.24) is 5.43 Å². The van der Waals surface area contributed by atoms with Crippen molar-refractivity contribution in [2.75, 3.05) is 6.61 Å². The largest absolute Gasteiger partial charge is 0.490 e. The predicted molar refractivity (Wildman–Crippen MR) is 118 cm³/mol. The second kappa shape index (κ2) is 10.5. The molecule has 6 nitrogen and oxygen atoms in total. The molecule has 0 aliphatic heterocycles. The summed E-state index contributed by atoms with van der Waals surface area (Å²) in [5.41, 5.74) is 3.75. The lowest BCUT2D eigenvalue weighted by Gasteiger charge is -2.11. The van der Waals surface area contributed by atoms with Gasteiger partial charge >= 0.3 is 5.97 Å². The van der Waals surface area contributed by atoms with E-state index in [1.807, 2.05) is 6.07 Å². The molecule has 0 radical (unpaired) electrons. The molecular weight excluding hydrogens is 467 g/mol. The molecule has 0 bridgehead atoms. The van der Waals surface area contributed by atoms with Crippen molar-refractivity contribution < 1.29 is 23.5 Å². The number of nitrogens with one attached hydrogen (secondary N) is 1. The summed E-state index contributed by atoms with van der Waals surface area (Å²) >= 11 is 3.32. The number of esters is 1. The summed E-state index contributed by atoms with van der Waals surface area (Å²) in [7, 11) is 0.